The van der Waals surface area contributed by atoms with Gasteiger partial charge in [-0.1, -0.05) is 12.8 Å². The van der Waals surface area contributed by atoms with Crippen LogP contribution in [0, 0.1) is 11.8 Å². The number of aryl methyl sites for hydroxylation is 1. The third-order valence-corrected chi connectivity index (χ3v) is 3.99. The summed E-state index contributed by atoms with van der Waals surface area (Å²) in [5.74, 6) is -2.90. The van der Waals surface area contributed by atoms with Gasteiger partial charge in [0.15, 0.2) is 0 Å². The zero-order valence-electron chi connectivity index (χ0n) is 12.0. The van der Waals surface area contributed by atoms with Crippen molar-refractivity contribution in [3.8, 4) is 0 Å². The molecule has 1 amide bonds. The van der Waals surface area contributed by atoms with Crippen molar-refractivity contribution in [2.24, 2.45) is 18.9 Å². The number of hydrogen-bond donors (Lipinski definition) is 1. The van der Waals surface area contributed by atoms with Crippen molar-refractivity contribution in [1.29, 1.82) is 0 Å². The third-order valence-electron chi connectivity index (χ3n) is 3.99. The van der Waals surface area contributed by atoms with E-state index in [1.165, 1.54) is 0 Å². The van der Waals surface area contributed by atoms with E-state index >= 15 is 0 Å². The molecule has 2 rings (SSSR count). The Balaban J connectivity index is 1.86. The van der Waals surface area contributed by atoms with Gasteiger partial charge >= 0.3 is 6.18 Å². The highest BCUT2D eigenvalue weighted by Crippen LogP contribution is 2.41. The number of rotatable bonds is 4. The van der Waals surface area contributed by atoms with Crippen molar-refractivity contribution in [3.05, 3.63) is 18.0 Å². The van der Waals surface area contributed by atoms with Crippen LogP contribution in [0.4, 0.5) is 13.2 Å². The third kappa shape index (κ3) is 4.22. The Hall–Kier alpha value is -1.53. The summed E-state index contributed by atoms with van der Waals surface area (Å²) in [5.41, 5.74) is 0.953. The molecule has 2 unspecified atom stereocenters. The van der Waals surface area contributed by atoms with Gasteiger partial charge in [-0.3, -0.25) is 9.48 Å². The summed E-state index contributed by atoms with van der Waals surface area (Å²) in [6.07, 6.45) is 1.41. The van der Waals surface area contributed by atoms with Crippen molar-refractivity contribution < 1.29 is 18.0 Å². The number of hydrogen-bond acceptors (Lipinski definition) is 2. The molecule has 1 saturated carbocycles. The first-order valence-electron chi connectivity index (χ1n) is 7.20. The molecule has 1 heterocycles. The second-order valence-electron chi connectivity index (χ2n) is 5.60. The lowest BCUT2D eigenvalue weighted by Crippen LogP contribution is -2.43. The predicted octanol–water partition coefficient (Wildman–Crippen LogP) is 2.45. The Morgan fingerprint density at radius 1 is 1.43 bits per heavy atom. The van der Waals surface area contributed by atoms with Crippen molar-refractivity contribution in [3.63, 3.8) is 0 Å². The van der Waals surface area contributed by atoms with Gasteiger partial charge in [-0.05, 0) is 24.8 Å². The monoisotopic (exact) mass is 303 g/mol. The van der Waals surface area contributed by atoms with Gasteiger partial charge in [0.2, 0.25) is 5.91 Å². The topological polar surface area (TPSA) is 46.9 Å². The fourth-order valence-electron chi connectivity index (χ4n) is 2.90. The van der Waals surface area contributed by atoms with Crippen LogP contribution in [-0.4, -0.2) is 28.4 Å². The first-order chi connectivity index (χ1) is 9.88. The quantitative estimate of drug-likeness (QED) is 0.928. The molecule has 0 aromatic carbocycles. The van der Waals surface area contributed by atoms with Crippen LogP contribution in [0.5, 0.6) is 0 Å². The minimum atomic E-state index is -4.29. The van der Waals surface area contributed by atoms with Crippen LogP contribution in [0.15, 0.2) is 12.4 Å². The molecule has 2 atom stereocenters. The molecule has 1 N–H and O–H groups in total. The molecule has 21 heavy (non-hydrogen) atoms. The van der Waals surface area contributed by atoms with Gasteiger partial charge in [0.05, 0.1) is 12.1 Å². The average Bonchev–Trinajstić information content (AvgIpc) is 2.83. The molecule has 0 radical (unpaired) electrons. The number of alkyl halides is 3. The molecule has 1 aliphatic carbocycles. The highest BCUT2D eigenvalue weighted by atomic mass is 19.4. The van der Waals surface area contributed by atoms with Crippen LogP contribution in [0.2, 0.25) is 0 Å². The average molecular weight is 303 g/mol. The highest BCUT2D eigenvalue weighted by molar-refractivity contribution is 5.79. The van der Waals surface area contributed by atoms with Gasteiger partial charge < -0.3 is 5.32 Å². The van der Waals surface area contributed by atoms with E-state index < -0.39 is 23.9 Å². The number of nitrogens with one attached hydrogen (secondary N) is 1. The summed E-state index contributed by atoms with van der Waals surface area (Å²) >= 11 is 0. The minimum absolute atomic E-state index is 0.0597. The Labute approximate surface area is 121 Å². The molecule has 1 aliphatic rings. The second kappa shape index (κ2) is 6.49. The van der Waals surface area contributed by atoms with Crippen LogP contribution in [0.3, 0.4) is 0 Å². The smallest absolute Gasteiger partial charge is 0.356 e. The van der Waals surface area contributed by atoms with E-state index in [9.17, 15) is 18.0 Å². The lowest BCUT2D eigenvalue weighted by atomic mass is 9.78. The maximum Gasteiger partial charge on any atom is 0.392 e. The van der Waals surface area contributed by atoms with Gasteiger partial charge in [0.1, 0.15) is 0 Å². The zero-order chi connectivity index (χ0) is 15.5. The first kappa shape index (κ1) is 15.9. The van der Waals surface area contributed by atoms with Crippen molar-refractivity contribution in [2.45, 2.75) is 38.3 Å². The fraction of sp³-hybridized carbons (Fsp3) is 0.714. The SMILES string of the molecule is Cn1cc(CCNC(=O)C2CCCCC2C(F)(F)F)cn1. The molecule has 118 valence electrons. The number of halogens is 3. The van der Waals surface area contributed by atoms with Gasteiger partial charge in [0, 0.05) is 25.7 Å². The van der Waals surface area contributed by atoms with E-state index in [-0.39, 0.29) is 6.42 Å². The van der Waals surface area contributed by atoms with Crippen LogP contribution >= 0.6 is 0 Å². The normalized spacial score (nSPS) is 23.0. The lowest BCUT2D eigenvalue weighted by Gasteiger charge is -2.31. The zero-order valence-corrected chi connectivity index (χ0v) is 12.0. The van der Waals surface area contributed by atoms with E-state index in [0.29, 0.717) is 32.2 Å². The molecule has 1 aromatic rings. The number of nitrogens with zero attached hydrogens (tertiary/aromatic N) is 2. The summed E-state index contributed by atoms with van der Waals surface area (Å²) in [5, 5.41) is 6.64. The molecular formula is C14H20F3N3O. The minimum Gasteiger partial charge on any atom is -0.356 e. The Bertz CT molecular complexity index is 484. The van der Waals surface area contributed by atoms with Crippen LogP contribution in [0.25, 0.3) is 0 Å². The molecule has 4 nitrogen and oxygen atoms in total. The summed E-state index contributed by atoms with van der Waals surface area (Å²) < 4.78 is 40.5. The number of carbonyl (C=O) groups is 1. The van der Waals surface area contributed by atoms with Gasteiger partial charge in [-0.2, -0.15) is 18.3 Å². The lowest BCUT2D eigenvalue weighted by molar-refractivity contribution is -0.198. The van der Waals surface area contributed by atoms with Crippen LogP contribution in [0.1, 0.15) is 31.2 Å². The Kier molecular flexibility index (Phi) is 4.90. The summed E-state index contributed by atoms with van der Waals surface area (Å²) in [6, 6.07) is 0. The molecule has 1 fully saturated rings. The first-order valence-corrected chi connectivity index (χ1v) is 7.20. The standard InChI is InChI=1S/C14H20F3N3O/c1-20-9-10(8-19-20)6-7-18-13(21)11-4-2-3-5-12(11)14(15,16)17/h8-9,11-12H,2-7H2,1H3,(H,18,21). The molecule has 7 heteroatoms. The largest absolute Gasteiger partial charge is 0.392 e. The van der Waals surface area contributed by atoms with E-state index in [1.807, 2.05) is 6.20 Å². The maximum atomic E-state index is 13.0. The van der Waals surface area contributed by atoms with Crippen molar-refractivity contribution in [2.75, 3.05) is 6.54 Å². The number of amides is 1. The number of aromatic nitrogens is 2. The Morgan fingerprint density at radius 2 is 2.14 bits per heavy atom. The number of carbonyl (C=O) groups excluding carboxylic acids is 1. The molecule has 0 saturated heterocycles. The predicted molar refractivity (Wildman–Crippen MR) is 71.4 cm³/mol. The van der Waals surface area contributed by atoms with E-state index in [2.05, 4.69) is 10.4 Å². The molecular weight excluding hydrogens is 283 g/mol. The summed E-state index contributed by atoms with van der Waals surface area (Å²) in [7, 11) is 1.79. The van der Waals surface area contributed by atoms with Gasteiger partial charge in [-0.25, -0.2) is 0 Å². The molecule has 1 aromatic heterocycles. The maximum absolute atomic E-state index is 13.0. The van der Waals surface area contributed by atoms with Gasteiger partial charge in [-0.15, -0.1) is 0 Å². The van der Waals surface area contributed by atoms with Crippen molar-refractivity contribution in [1.82, 2.24) is 15.1 Å². The Morgan fingerprint density at radius 3 is 2.76 bits per heavy atom. The summed E-state index contributed by atoms with van der Waals surface area (Å²) in [6.45, 7) is 0.339. The molecule has 0 aliphatic heterocycles. The van der Waals surface area contributed by atoms with Gasteiger partial charge in [0.25, 0.3) is 0 Å². The van der Waals surface area contributed by atoms with Crippen molar-refractivity contribution >= 4 is 5.91 Å². The molecule has 0 bridgehead atoms. The fourth-order valence-corrected chi connectivity index (χ4v) is 2.90. The highest BCUT2D eigenvalue weighted by Gasteiger charge is 2.47. The van der Waals surface area contributed by atoms with Crippen LogP contribution in [-0.2, 0) is 18.3 Å². The molecule has 0 spiro atoms. The van der Waals surface area contributed by atoms with E-state index in [1.54, 1.807) is 17.9 Å². The summed E-state index contributed by atoms with van der Waals surface area (Å²) in [4.78, 5) is 12.0. The van der Waals surface area contributed by atoms with Crippen LogP contribution < -0.4 is 5.32 Å². The van der Waals surface area contributed by atoms with E-state index in [4.69, 9.17) is 0 Å². The van der Waals surface area contributed by atoms with E-state index in [0.717, 1.165) is 5.56 Å². The second-order valence-corrected chi connectivity index (χ2v) is 5.60.